The van der Waals surface area contributed by atoms with E-state index in [1.54, 1.807) is 24.3 Å². The van der Waals surface area contributed by atoms with Gasteiger partial charge in [-0.3, -0.25) is 4.79 Å². The highest BCUT2D eigenvalue weighted by molar-refractivity contribution is 8.01. The molecule has 2 fully saturated rings. The van der Waals surface area contributed by atoms with Gasteiger partial charge in [-0.25, -0.2) is 14.5 Å². The summed E-state index contributed by atoms with van der Waals surface area (Å²) in [6.07, 6.45) is 0.562. The number of aliphatic carboxylic acids is 2. The molecule has 2 saturated heterocycles. The summed E-state index contributed by atoms with van der Waals surface area (Å²) in [4.78, 5) is 35.9. The van der Waals surface area contributed by atoms with Crippen LogP contribution in [-0.4, -0.2) is 69.5 Å². The van der Waals surface area contributed by atoms with Crippen molar-refractivity contribution >= 4 is 29.6 Å². The van der Waals surface area contributed by atoms with E-state index in [1.165, 1.54) is 23.8 Å². The molecule has 2 aliphatic rings. The second kappa shape index (κ2) is 6.69. The van der Waals surface area contributed by atoms with Gasteiger partial charge in [-0.2, -0.15) is 0 Å². The van der Waals surface area contributed by atoms with Crippen LogP contribution in [0.2, 0.25) is 0 Å². The summed E-state index contributed by atoms with van der Waals surface area (Å²) in [6.45, 7) is -0.0333. The number of hydrogen-bond acceptors (Lipinski definition) is 7. The summed E-state index contributed by atoms with van der Waals surface area (Å²) < 4.78 is 10.8. The zero-order valence-corrected chi connectivity index (χ0v) is 14.7. The van der Waals surface area contributed by atoms with Crippen LogP contribution in [0.15, 0.2) is 24.3 Å². The molecule has 1 unspecified atom stereocenters. The SMILES string of the molecule is COc1ccc(OCC23SCCCN2C(C(=O)O)(C(=O)O)NC3=O)cc1. The van der Waals surface area contributed by atoms with Crippen molar-refractivity contribution in [1.82, 2.24) is 10.2 Å². The van der Waals surface area contributed by atoms with Crippen LogP contribution in [0.1, 0.15) is 6.42 Å². The Kier molecular flexibility index (Phi) is 4.72. The second-order valence-corrected chi connectivity index (χ2v) is 7.25. The third-order valence-corrected chi connectivity index (χ3v) is 5.96. The van der Waals surface area contributed by atoms with Gasteiger partial charge in [0.15, 0.2) is 4.87 Å². The van der Waals surface area contributed by atoms with Crippen molar-refractivity contribution in [1.29, 1.82) is 0 Å². The molecule has 0 aromatic heterocycles. The van der Waals surface area contributed by atoms with Crippen LogP contribution < -0.4 is 14.8 Å². The maximum atomic E-state index is 12.7. The fraction of sp³-hybridized carbons (Fsp3) is 0.438. The number of carbonyl (C=O) groups is 3. The van der Waals surface area contributed by atoms with Gasteiger partial charge in [0.25, 0.3) is 11.6 Å². The van der Waals surface area contributed by atoms with Gasteiger partial charge in [-0.05, 0) is 36.4 Å². The first kappa shape index (κ1) is 18.3. The third kappa shape index (κ3) is 2.65. The highest BCUT2D eigenvalue weighted by Gasteiger charge is 2.70. The van der Waals surface area contributed by atoms with Crippen LogP contribution in [-0.2, 0) is 14.4 Å². The Morgan fingerprint density at radius 3 is 2.42 bits per heavy atom. The Morgan fingerprint density at radius 2 is 1.85 bits per heavy atom. The quantitative estimate of drug-likeness (QED) is 0.592. The van der Waals surface area contributed by atoms with Gasteiger partial charge in [0.1, 0.15) is 18.1 Å². The van der Waals surface area contributed by atoms with Gasteiger partial charge in [0.2, 0.25) is 0 Å². The number of benzene rings is 1. The lowest BCUT2D eigenvalue weighted by atomic mass is 10.1. The van der Waals surface area contributed by atoms with Crippen molar-refractivity contribution in [2.45, 2.75) is 17.0 Å². The molecule has 1 atom stereocenters. The van der Waals surface area contributed by atoms with Gasteiger partial charge in [0, 0.05) is 6.54 Å². The van der Waals surface area contributed by atoms with Crippen molar-refractivity contribution in [2.75, 3.05) is 26.0 Å². The largest absolute Gasteiger partial charge is 0.497 e. The molecule has 2 heterocycles. The molecule has 10 heteroatoms. The Morgan fingerprint density at radius 1 is 1.23 bits per heavy atom. The van der Waals surface area contributed by atoms with Crippen LogP contribution in [0.4, 0.5) is 0 Å². The number of thioether (sulfide) groups is 1. The molecular weight excluding hydrogens is 364 g/mol. The van der Waals surface area contributed by atoms with E-state index in [9.17, 15) is 24.6 Å². The van der Waals surface area contributed by atoms with E-state index in [1.807, 2.05) is 0 Å². The maximum absolute atomic E-state index is 12.7. The minimum atomic E-state index is -2.49. The van der Waals surface area contributed by atoms with Crippen molar-refractivity contribution in [3.63, 3.8) is 0 Å². The summed E-state index contributed by atoms with van der Waals surface area (Å²) in [7, 11) is 1.53. The number of nitrogens with one attached hydrogen (secondary N) is 1. The van der Waals surface area contributed by atoms with Gasteiger partial charge < -0.3 is 25.0 Å². The predicted octanol–water partition coefficient (Wildman–Crippen LogP) is 0.205. The van der Waals surface area contributed by atoms with Crippen molar-refractivity contribution in [3.05, 3.63) is 24.3 Å². The fourth-order valence-corrected chi connectivity index (χ4v) is 4.47. The summed E-state index contributed by atoms with van der Waals surface area (Å²) in [6, 6.07) is 6.68. The van der Waals surface area contributed by atoms with Crippen molar-refractivity contribution in [2.24, 2.45) is 0 Å². The number of carbonyl (C=O) groups excluding carboxylic acids is 1. The predicted molar refractivity (Wildman–Crippen MR) is 91.1 cm³/mol. The molecule has 0 aliphatic carbocycles. The molecule has 0 spiro atoms. The molecule has 140 valence electrons. The van der Waals surface area contributed by atoms with Gasteiger partial charge in [-0.1, -0.05) is 0 Å². The second-order valence-electron chi connectivity index (χ2n) is 5.88. The third-order valence-electron chi connectivity index (χ3n) is 4.47. The first-order chi connectivity index (χ1) is 12.4. The van der Waals surface area contributed by atoms with Crippen LogP contribution in [0.5, 0.6) is 11.5 Å². The smallest absolute Gasteiger partial charge is 0.357 e. The number of carboxylic acids is 2. The van der Waals surface area contributed by atoms with Crippen LogP contribution in [0.3, 0.4) is 0 Å². The zero-order valence-electron chi connectivity index (χ0n) is 13.9. The Labute approximate surface area is 153 Å². The number of rotatable bonds is 6. The molecule has 1 aromatic carbocycles. The average molecular weight is 382 g/mol. The number of nitrogens with zero attached hydrogens (tertiary/aromatic N) is 1. The van der Waals surface area contributed by atoms with Gasteiger partial charge in [0.05, 0.1) is 7.11 Å². The Hall–Kier alpha value is -2.46. The lowest BCUT2D eigenvalue weighted by Crippen LogP contribution is -2.67. The molecule has 26 heavy (non-hydrogen) atoms. The number of carboxylic acid groups (broad SMARTS) is 2. The first-order valence-corrected chi connectivity index (χ1v) is 8.83. The zero-order chi connectivity index (χ0) is 18.9. The van der Waals surface area contributed by atoms with Crippen LogP contribution in [0, 0.1) is 0 Å². The summed E-state index contributed by atoms with van der Waals surface area (Å²) in [5, 5.41) is 21.3. The van der Waals surface area contributed by atoms with E-state index in [2.05, 4.69) is 5.32 Å². The van der Waals surface area contributed by atoms with E-state index in [0.717, 1.165) is 0 Å². The molecule has 3 N–H and O–H groups in total. The molecule has 1 aromatic rings. The monoisotopic (exact) mass is 382 g/mol. The highest BCUT2D eigenvalue weighted by Crippen LogP contribution is 2.44. The molecule has 0 bridgehead atoms. The lowest BCUT2D eigenvalue weighted by molar-refractivity contribution is -0.169. The number of methoxy groups -OCH3 is 1. The van der Waals surface area contributed by atoms with E-state index >= 15 is 0 Å². The number of fused-ring (bicyclic) bond motifs is 1. The summed E-state index contributed by atoms with van der Waals surface area (Å²) in [5.74, 6) is -2.26. The first-order valence-electron chi connectivity index (χ1n) is 7.85. The minimum Gasteiger partial charge on any atom is -0.497 e. The number of ether oxygens (including phenoxy) is 2. The summed E-state index contributed by atoms with van der Waals surface area (Å²) in [5.41, 5.74) is -2.49. The summed E-state index contributed by atoms with van der Waals surface area (Å²) >= 11 is 1.19. The fourth-order valence-electron chi connectivity index (χ4n) is 3.15. The molecule has 9 nitrogen and oxygen atoms in total. The molecule has 3 rings (SSSR count). The number of hydrogen-bond donors (Lipinski definition) is 3. The molecular formula is C16H18N2O7S. The molecule has 2 aliphatic heterocycles. The van der Waals surface area contributed by atoms with Gasteiger partial charge >= 0.3 is 11.9 Å². The maximum Gasteiger partial charge on any atom is 0.357 e. The van der Waals surface area contributed by atoms with Gasteiger partial charge in [-0.15, -0.1) is 11.8 Å². The van der Waals surface area contributed by atoms with E-state index < -0.39 is 28.4 Å². The van der Waals surface area contributed by atoms with E-state index in [-0.39, 0.29) is 13.2 Å². The van der Waals surface area contributed by atoms with Crippen LogP contribution >= 0.6 is 11.8 Å². The Bertz CT molecular complexity index is 725. The van der Waals surface area contributed by atoms with Crippen molar-refractivity contribution < 1.29 is 34.1 Å². The van der Waals surface area contributed by atoms with Crippen molar-refractivity contribution in [3.8, 4) is 11.5 Å². The van der Waals surface area contributed by atoms with Crippen LogP contribution in [0.25, 0.3) is 0 Å². The Balaban J connectivity index is 1.90. The normalized spacial score (nSPS) is 24.4. The minimum absolute atomic E-state index is 0.149. The highest BCUT2D eigenvalue weighted by atomic mass is 32.2. The van der Waals surface area contributed by atoms with E-state index in [0.29, 0.717) is 23.7 Å². The average Bonchev–Trinajstić information content (AvgIpc) is 2.91. The molecule has 0 saturated carbocycles. The van der Waals surface area contributed by atoms with E-state index in [4.69, 9.17) is 9.47 Å². The molecule has 0 radical (unpaired) electrons. The lowest BCUT2D eigenvalue weighted by Gasteiger charge is -2.42. The number of amides is 1. The topological polar surface area (TPSA) is 125 Å². The standard InChI is InChI=1S/C16H18N2O7S/c1-24-10-3-5-11(6-4-10)25-9-15-12(19)17-16(13(20)21,14(22)23)18(15)7-2-8-26-15/h3-6H,2,7-9H2,1H3,(H,17,19)(H,20,21)(H,22,23). The molecule has 1 amide bonds.